The normalized spacial score (nSPS) is 14.8. The zero-order valence-electron chi connectivity index (χ0n) is 18.7. The minimum atomic E-state index is -0.856. The Morgan fingerprint density at radius 1 is 1.24 bits per heavy atom. The molecule has 1 N–H and O–H groups in total. The number of nitrogens with one attached hydrogen (secondary N) is 1. The van der Waals surface area contributed by atoms with Gasteiger partial charge < -0.3 is 14.6 Å². The third kappa shape index (κ3) is 4.43. The molecule has 1 aliphatic rings. The van der Waals surface area contributed by atoms with E-state index in [-0.39, 0.29) is 23.7 Å². The minimum absolute atomic E-state index is 0.0202. The highest BCUT2D eigenvalue weighted by atomic mass is 16.5. The van der Waals surface area contributed by atoms with Crippen molar-refractivity contribution in [3.8, 4) is 0 Å². The summed E-state index contributed by atoms with van der Waals surface area (Å²) in [6, 6.07) is -0.562. The molecular formula is C20H26N8O5. The summed E-state index contributed by atoms with van der Waals surface area (Å²) >= 11 is 0. The van der Waals surface area contributed by atoms with Crippen molar-refractivity contribution in [2.45, 2.75) is 57.8 Å². The van der Waals surface area contributed by atoms with Gasteiger partial charge in [0, 0.05) is 26.6 Å². The van der Waals surface area contributed by atoms with Gasteiger partial charge in [0.05, 0.1) is 19.1 Å². The zero-order valence-corrected chi connectivity index (χ0v) is 18.7. The Labute approximate surface area is 188 Å². The SMILES string of the molecule is CC(C(=O)OCc1cn(CCC(=O)NC2CCC2)nn1)n1cnc2c1c(=O)n(C)c(=O)n2C. The van der Waals surface area contributed by atoms with E-state index >= 15 is 0 Å². The average molecular weight is 458 g/mol. The topological polar surface area (TPSA) is 148 Å². The second-order valence-corrected chi connectivity index (χ2v) is 8.23. The highest BCUT2D eigenvalue weighted by Gasteiger charge is 2.23. The Morgan fingerprint density at radius 2 is 2.00 bits per heavy atom. The number of fused-ring (bicyclic) bond motifs is 1. The van der Waals surface area contributed by atoms with Crippen LogP contribution in [0.3, 0.4) is 0 Å². The van der Waals surface area contributed by atoms with Crippen LogP contribution in [0.4, 0.5) is 0 Å². The number of imidazole rings is 1. The van der Waals surface area contributed by atoms with E-state index in [1.54, 1.807) is 13.1 Å². The molecule has 1 fully saturated rings. The number of carbonyl (C=O) groups is 2. The lowest BCUT2D eigenvalue weighted by Crippen LogP contribution is -2.39. The molecule has 0 saturated heterocycles. The number of nitrogens with zero attached hydrogens (tertiary/aromatic N) is 7. The largest absolute Gasteiger partial charge is 0.458 e. The first kappa shape index (κ1) is 22.4. The Morgan fingerprint density at radius 3 is 2.70 bits per heavy atom. The van der Waals surface area contributed by atoms with E-state index in [0.717, 1.165) is 23.8 Å². The van der Waals surface area contributed by atoms with E-state index < -0.39 is 23.3 Å². The second-order valence-electron chi connectivity index (χ2n) is 8.23. The van der Waals surface area contributed by atoms with Gasteiger partial charge in [0.1, 0.15) is 18.3 Å². The molecule has 3 aromatic heterocycles. The Balaban J connectivity index is 1.36. The molecule has 0 radical (unpaired) electrons. The zero-order chi connectivity index (χ0) is 23.7. The summed E-state index contributed by atoms with van der Waals surface area (Å²) < 4.78 is 10.5. The van der Waals surface area contributed by atoms with Gasteiger partial charge in [-0.05, 0) is 26.2 Å². The molecule has 1 atom stereocenters. The molecule has 33 heavy (non-hydrogen) atoms. The fraction of sp³-hybridized carbons (Fsp3) is 0.550. The molecule has 1 aliphatic carbocycles. The van der Waals surface area contributed by atoms with Crippen molar-refractivity contribution in [1.29, 1.82) is 0 Å². The molecule has 4 rings (SSSR count). The third-order valence-electron chi connectivity index (χ3n) is 5.92. The van der Waals surface area contributed by atoms with Gasteiger partial charge in [0.15, 0.2) is 11.2 Å². The highest BCUT2D eigenvalue weighted by Crippen LogP contribution is 2.18. The van der Waals surface area contributed by atoms with E-state index in [1.807, 2.05) is 0 Å². The molecule has 0 bridgehead atoms. The van der Waals surface area contributed by atoms with Crippen LogP contribution in [-0.2, 0) is 41.6 Å². The van der Waals surface area contributed by atoms with Crippen molar-refractivity contribution in [3.63, 3.8) is 0 Å². The molecule has 13 nitrogen and oxygen atoms in total. The number of aryl methyl sites for hydroxylation is 2. The van der Waals surface area contributed by atoms with Gasteiger partial charge in [-0.15, -0.1) is 5.10 Å². The first-order valence-corrected chi connectivity index (χ1v) is 10.7. The fourth-order valence-corrected chi connectivity index (χ4v) is 3.62. The molecule has 1 unspecified atom stereocenters. The molecule has 0 spiro atoms. The molecule has 0 aromatic carbocycles. The number of esters is 1. The summed E-state index contributed by atoms with van der Waals surface area (Å²) in [6.45, 7) is 1.84. The van der Waals surface area contributed by atoms with Crippen molar-refractivity contribution in [3.05, 3.63) is 39.1 Å². The van der Waals surface area contributed by atoms with E-state index in [4.69, 9.17) is 4.74 Å². The summed E-state index contributed by atoms with van der Waals surface area (Å²) in [5.41, 5.74) is -0.294. The van der Waals surface area contributed by atoms with E-state index in [2.05, 4.69) is 20.6 Å². The fourth-order valence-electron chi connectivity index (χ4n) is 3.62. The number of hydrogen-bond acceptors (Lipinski definition) is 8. The van der Waals surface area contributed by atoms with Crippen LogP contribution >= 0.6 is 0 Å². The maximum Gasteiger partial charge on any atom is 0.332 e. The first-order chi connectivity index (χ1) is 15.8. The molecule has 13 heteroatoms. The van der Waals surface area contributed by atoms with E-state index in [1.165, 1.54) is 34.2 Å². The predicted molar refractivity (Wildman–Crippen MR) is 115 cm³/mol. The second kappa shape index (κ2) is 9.00. The van der Waals surface area contributed by atoms with Crippen molar-refractivity contribution in [1.82, 2.24) is 39.0 Å². The lowest BCUT2D eigenvalue weighted by Gasteiger charge is -2.26. The molecule has 176 valence electrons. The standard InChI is InChI=1S/C20H26N8O5/c1-12(28-11-21-17-16(28)18(30)26(3)20(32)25(17)2)19(31)33-10-14-9-27(24-23-14)8-7-15(29)22-13-5-4-6-13/h9,11-13H,4-8,10H2,1-3H3,(H,22,29). The summed E-state index contributed by atoms with van der Waals surface area (Å²) in [7, 11) is 2.87. The van der Waals surface area contributed by atoms with E-state index in [0.29, 0.717) is 24.7 Å². The van der Waals surface area contributed by atoms with Gasteiger partial charge in [0.2, 0.25) is 5.91 Å². The van der Waals surface area contributed by atoms with Crippen LogP contribution in [0.25, 0.3) is 11.2 Å². The smallest absolute Gasteiger partial charge is 0.332 e. The number of rotatable bonds is 8. The van der Waals surface area contributed by atoms with Gasteiger partial charge in [-0.2, -0.15) is 0 Å². The van der Waals surface area contributed by atoms with Crippen molar-refractivity contribution in [2.24, 2.45) is 14.1 Å². The first-order valence-electron chi connectivity index (χ1n) is 10.7. The number of ether oxygens (including phenoxy) is 1. The van der Waals surface area contributed by atoms with E-state index in [9.17, 15) is 19.2 Å². The summed E-state index contributed by atoms with van der Waals surface area (Å²) in [6.07, 6.45) is 6.47. The Hall–Kier alpha value is -3.77. The number of aromatic nitrogens is 7. The van der Waals surface area contributed by atoms with Crippen LogP contribution in [0.5, 0.6) is 0 Å². The van der Waals surface area contributed by atoms with Crippen LogP contribution in [0, 0.1) is 0 Å². The summed E-state index contributed by atoms with van der Waals surface area (Å²) in [5, 5.41) is 10.9. The van der Waals surface area contributed by atoms with Crippen LogP contribution < -0.4 is 16.6 Å². The van der Waals surface area contributed by atoms with Gasteiger partial charge in [-0.3, -0.25) is 23.4 Å². The van der Waals surface area contributed by atoms with Crippen LogP contribution in [-0.4, -0.2) is 51.6 Å². The maximum absolute atomic E-state index is 12.6. The van der Waals surface area contributed by atoms with Crippen molar-refractivity contribution in [2.75, 3.05) is 0 Å². The minimum Gasteiger partial charge on any atom is -0.458 e. The van der Waals surface area contributed by atoms with Gasteiger partial charge in [-0.1, -0.05) is 5.21 Å². The van der Waals surface area contributed by atoms with Crippen LogP contribution in [0.2, 0.25) is 0 Å². The lowest BCUT2D eigenvalue weighted by molar-refractivity contribution is -0.148. The van der Waals surface area contributed by atoms with Gasteiger partial charge >= 0.3 is 11.7 Å². The molecule has 3 aromatic rings. The quantitative estimate of drug-likeness (QED) is 0.440. The van der Waals surface area contributed by atoms with Gasteiger partial charge in [0.25, 0.3) is 5.56 Å². The van der Waals surface area contributed by atoms with Crippen molar-refractivity contribution < 1.29 is 14.3 Å². The molecule has 0 aliphatic heterocycles. The highest BCUT2D eigenvalue weighted by molar-refractivity contribution is 5.78. The van der Waals surface area contributed by atoms with Crippen molar-refractivity contribution >= 4 is 23.0 Å². The molecule has 3 heterocycles. The molecule has 1 amide bonds. The number of carbonyl (C=O) groups excluding carboxylic acids is 2. The molecule has 1 saturated carbocycles. The maximum atomic E-state index is 12.6. The lowest BCUT2D eigenvalue weighted by atomic mass is 9.93. The summed E-state index contributed by atoms with van der Waals surface area (Å²) in [5.74, 6) is -0.618. The monoisotopic (exact) mass is 458 g/mol. The summed E-state index contributed by atoms with van der Waals surface area (Å²) in [4.78, 5) is 53.3. The van der Waals surface area contributed by atoms with Gasteiger partial charge in [-0.25, -0.2) is 14.6 Å². The van der Waals surface area contributed by atoms with Crippen LogP contribution in [0.1, 0.15) is 44.3 Å². The third-order valence-corrected chi connectivity index (χ3v) is 5.92. The average Bonchev–Trinajstić information content (AvgIpc) is 3.42. The number of hydrogen-bond donors (Lipinski definition) is 1. The Kier molecular flexibility index (Phi) is 6.11. The predicted octanol–water partition coefficient (Wildman–Crippen LogP) is -0.612. The Bertz CT molecular complexity index is 1310. The molecular weight excluding hydrogens is 432 g/mol. The number of amides is 1. The van der Waals surface area contributed by atoms with Crippen LogP contribution in [0.15, 0.2) is 22.1 Å².